The van der Waals surface area contributed by atoms with E-state index in [4.69, 9.17) is 10.5 Å². The second-order valence-electron chi connectivity index (χ2n) is 4.77. The summed E-state index contributed by atoms with van der Waals surface area (Å²) >= 11 is 0. The maximum Gasteiger partial charge on any atom is 0.416 e. The molecule has 0 spiro atoms. The zero-order valence-electron chi connectivity index (χ0n) is 11.5. The van der Waals surface area contributed by atoms with Gasteiger partial charge < -0.3 is 10.5 Å². The molecule has 0 atom stereocenters. The lowest BCUT2D eigenvalue weighted by Gasteiger charge is -2.11. The van der Waals surface area contributed by atoms with Crippen LogP contribution in [0.3, 0.4) is 0 Å². The fraction of sp³-hybridized carbons (Fsp3) is 0.286. The highest BCUT2D eigenvalue weighted by Crippen LogP contribution is 2.32. The molecule has 21 heavy (non-hydrogen) atoms. The molecular formula is C14H14F3N3O. The molecule has 0 aliphatic carbocycles. The van der Waals surface area contributed by atoms with E-state index in [1.54, 1.807) is 0 Å². The van der Waals surface area contributed by atoms with Crippen LogP contribution >= 0.6 is 0 Å². The van der Waals surface area contributed by atoms with E-state index in [9.17, 15) is 13.2 Å². The predicted octanol–water partition coefficient (Wildman–Crippen LogP) is 3.99. The molecule has 0 fully saturated rings. The molecule has 4 nitrogen and oxygen atoms in total. The van der Waals surface area contributed by atoms with Crippen LogP contribution in [-0.2, 0) is 6.18 Å². The smallest absolute Gasteiger partial charge is 0.416 e. The second kappa shape index (κ2) is 5.59. The van der Waals surface area contributed by atoms with Gasteiger partial charge in [-0.25, -0.2) is 4.98 Å². The molecule has 0 saturated carbocycles. The number of nitrogens with zero attached hydrogens (tertiary/aromatic N) is 2. The molecule has 0 saturated heterocycles. The molecule has 1 aromatic heterocycles. The van der Waals surface area contributed by atoms with Crippen LogP contribution in [-0.4, -0.2) is 9.97 Å². The first kappa shape index (κ1) is 15.1. The van der Waals surface area contributed by atoms with Crippen LogP contribution in [0.1, 0.15) is 31.2 Å². The van der Waals surface area contributed by atoms with Crippen molar-refractivity contribution in [3.05, 3.63) is 41.7 Å². The van der Waals surface area contributed by atoms with Gasteiger partial charge in [-0.3, -0.25) is 0 Å². The van der Waals surface area contributed by atoms with Gasteiger partial charge in [0.25, 0.3) is 0 Å². The van der Waals surface area contributed by atoms with Gasteiger partial charge in [0, 0.05) is 12.0 Å². The molecule has 0 aliphatic rings. The number of rotatable bonds is 3. The summed E-state index contributed by atoms with van der Waals surface area (Å²) in [6.45, 7) is 3.76. The van der Waals surface area contributed by atoms with Crippen molar-refractivity contribution in [2.75, 3.05) is 5.73 Å². The highest BCUT2D eigenvalue weighted by molar-refractivity contribution is 5.37. The van der Waals surface area contributed by atoms with Gasteiger partial charge in [-0.05, 0) is 18.2 Å². The number of nitrogens with two attached hydrogens (primary N) is 1. The topological polar surface area (TPSA) is 61.0 Å². The average Bonchev–Trinajstić information content (AvgIpc) is 2.37. The zero-order chi connectivity index (χ0) is 15.6. The molecule has 1 aromatic carbocycles. The van der Waals surface area contributed by atoms with Crippen molar-refractivity contribution in [3.8, 4) is 11.6 Å². The van der Waals surface area contributed by atoms with Gasteiger partial charge in [0.1, 0.15) is 17.4 Å². The highest BCUT2D eigenvalue weighted by Gasteiger charge is 2.30. The van der Waals surface area contributed by atoms with E-state index in [-0.39, 0.29) is 23.4 Å². The Hall–Kier alpha value is -2.31. The van der Waals surface area contributed by atoms with Crippen molar-refractivity contribution >= 4 is 5.82 Å². The van der Waals surface area contributed by atoms with Crippen LogP contribution < -0.4 is 10.5 Å². The first-order chi connectivity index (χ1) is 9.75. The molecule has 7 heteroatoms. The fourth-order valence-electron chi connectivity index (χ4n) is 1.63. The van der Waals surface area contributed by atoms with Crippen LogP contribution in [0, 0.1) is 0 Å². The van der Waals surface area contributed by atoms with Crippen molar-refractivity contribution in [1.82, 2.24) is 9.97 Å². The lowest BCUT2D eigenvalue weighted by atomic mass is 10.2. The maximum atomic E-state index is 12.6. The molecule has 0 aliphatic heterocycles. The minimum Gasteiger partial charge on any atom is -0.439 e. The standard InChI is InChI=1S/C14H14F3N3O/c1-8(2)13-19-11(18)7-12(20-13)21-10-5-3-4-9(6-10)14(15,16)17/h3-8H,1-2H3,(H2,18,19,20). The van der Waals surface area contributed by atoms with Gasteiger partial charge >= 0.3 is 6.18 Å². The van der Waals surface area contributed by atoms with Crippen molar-refractivity contribution in [1.29, 1.82) is 0 Å². The zero-order valence-corrected chi connectivity index (χ0v) is 11.5. The number of nitrogen functional groups attached to an aromatic ring is 1. The quantitative estimate of drug-likeness (QED) is 0.930. The summed E-state index contributed by atoms with van der Waals surface area (Å²) in [5.74, 6) is 0.855. The van der Waals surface area contributed by atoms with Gasteiger partial charge in [0.2, 0.25) is 5.88 Å². The number of benzene rings is 1. The van der Waals surface area contributed by atoms with Crippen LogP contribution in [0.5, 0.6) is 11.6 Å². The van der Waals surface area contributed by atoms with Crippen LogP contribution in [0.2, 0.25) is 0 Å². The number of alkyl halides is 3. The summed E-state index contributed by atoms with van der Waals surface area (Å²) in [6.07, 6.45) is -4.42. The maximum absolute atomic E-state index is 12.6. The summed E-state index contributed by atoms with van der Waals surface area (Å²) in [5, 5.41) is 0. The Bertz CT molecular complexity index is 642. The number of anilines is 1. The van der Waals surface area contributed by atoms with E-state index in [1.165, 1.54) is 18.2 Å². The van der Waals surface area contributed by atoms with Crippen LogP contribution in [0.15, 0.2) is 30.3 Å². The Morgan fingerprint density at radius 3 is 2.48 bits per heavy atom. The second-order valence-corrected chi connectivity index (χ2v) is 4.77. The van der Waals surface area contributed by atoms with Crippen molar-refractivity contribution < 1.29 is 17.9 Å². The molecule has 2 N–H and O–H groups in total. The molecule has 1 heterocycles. The highest BCUT2D eigenvalue weighted by atomic mass is 19.4. The lowest BCUT2D eigenvalue weighted by molar-refractivity contribution is -0.137. The Labute approximate surface area is 119 Å². The Morgan fingerprint density at radius 1 is 1.14 bits per heavy atom. The summed E-state index contributed by atoms with van der Waals surface area (Å²) in [4.78, 5) is 8.16. The average molecular weight is 297 g/mol. The van der Waals surface area contributed by atoms with E-state index in [1.807, 2.05) is 13.8 Å². The summed E-state index contributed by atoms with van der Waals surface area (Å²) in [5.41, 5.74) is 4.85. The van der Waals surface area contributed by atoms with Crippen molar-refractivity contribution in [3.63, 3.8) is 0 Å². The Balaban J connectivity index is 2.30. The third-order valence-corrected chi connectivity index (χ3v) is 2.64. The largest absolute Gasteiger partial charge is 0.439 e. The number of aromatic nitrogens is 2. The van der Waals surface area contributed by atoms with Crippen molar-refractivity contribution in [2.24, 2.45) is 0 Å². The molecule has 0 bridgehead atoms. The monoisotopic (exact) mass is 297 g/mol. The number of hydrogen-bond donors (Lipinski definition) is 1. The molecular weight excluding hydrogens is 283 g/mol. The molecule has 112 valence electrons. The van der Waals surface area contributed by atoms with Gasteiger partial charge in [-0.2, -0.15) is 18.2 Å². The fourth-order valence-corrected chi connectivity index (χ4v) is 1.63. The molecule has 0 unspecified atom stereocenters. The normalized spacial score (nSPS) is 11.7. The summed E-state index contributed by atoms with van der Waals surface area (Å²) in [6, 6.07) is 5.94. The summed E-state index contributed by atoms with van der Waals surface area (Å²) in [7, 11) is 0. The van der Waals surface area contributed by atoms with E-state index >= 15 is 0 Å². The summed E-state index contributed by atoms with van der Waals surface area (Å²) < 4.78 is 43.3. The predicted molar refractivity (Wildman–Crippen MR) is 72.1 cm³/mol. The van der Waals surface area contributed by atoms with E-state index < -0.39 is 11.7 Å². The van der Waals surface area contributed by atoms with Gasteiger partial charge in [0.15, 0.2) is 0 Å². The van der Waals surface area contributed by atoms with E-state index in [2.05, 4.69) is 9.97 Å². The third kappa shape index (κ3) is 3.84. The van der Waals surface area contributed by atoms with E-state index in [0.29, 0.717) is 5.82 Å². The third-order valence-electron chi connectivity index (χ3n) is 2.64. The Kier molecular flexibility index (Phi) is 4.02. The molecule has 2 aromatic rings. The van der Waals surface area contributed by atoms with Crippen molar-refractivity contribution in [2.45, 2.75) is 25.9 Å². The number of halogens is 3. The minimum absolute atomic E-state index is 0.0253. The molecule has 2 rings (SSSR count). The van der Waals surface area contributed by atoms with Crippen LogP contribution in [0.25, 0.3) is 0 Å². The number of hydrogen-bond acceptors (Lipinski definition) is 4. The van der Waals surface area contributed by atoms with Gasteiger partial charge in [-0.15, -0.1) is 0 Å². The molecule has 0 amide bonds. The van der Waals surface area contributed by atoms with Crippen LogP contribution in [0.4, 0.5) is 19.0 Å². The van der Waals surface area contributed by atoms with Gasteiger partial charge in [-0.1, -0.05) is 19.9 Å². The SMILES string of the molecule is CC(C)c1nc(N)cc(Oc2cccc(C(F)(F)F)c2)n1. The van der Waals surface area contributed by atoms with Gasteiger partial charge in [0.05, 0.1) is 5.56 Å². The molecule has 0 radical (unpaired) electrons. The Morgan fingerprint density at radius 2 is 1.86 bits per heavy atom. The first-order valence-corrected chi connectivity index (χ1v) is 6.25. The van der Waals surface area contributed by atoms with E-state index in [0.717, 1.165) is 12.1 Å². The first-order valence-electron chi connectivity index (χ1n) is 6.25. The lowest BCUT2D eigenvalue weighted by Crippen LogP contribution is -2.05. The number of ether oxygens (including phenoxy) is 1. The minimum atomic E-state index is -4.42.